The topological polar surface area (TPSA) is 66.0 Å². The van der Waals surface area contributed by atoms with Gasteiger partial charge in [-0.2, -0.15) is 0 Å². The summed E-state index contributed by atoms with van der Waals surface area (Å²) in [6.07, 6.45) is 3.38. The van der Waals surface area contributed by atoms with E-state index in [-0.39, 0.29) is 5.69 Å². The van der Waals surface area contributed by atoms with Crippen molar-refractivity contribution in [3.05, 3.63) is 36.3 Å². The fourth-order valence-corrected chi connectivity index (χ4v) is 1.83. The number of carbonyl (C=O) groups is 1. The van der Waals surface area contributed by atoms with Crippen molar-refractivity contribution in [2.24, 2.45) is 0 Å². The second-order valence-corrected chi connectivity index (χ2v) is 4.04. The van der Waals surface area contributed by atoms with E-state index >= 15 is 0 Å². The average molecular weight is 234 g/mol. The number of nitrogens with one attached hydrogen (secondary N) is 1. The maximum absolute atomic E-state index is 10.9. The predicted molar refractivity (Wildman–Crippen MR) is 62.8 cm³/mol. The predicted octanol–water partition coefficient (Wildman–Crippen LogP) is 2.50. The maximum atomic E-state index is 10.9. The van der Waals surface area contributed by atoms with Gasteiger partial charge in [0.15, 0.2) is 5.69 Å². The highest BCUT2D eigenvalue weighted by atomic mass is 32.2. The van der Waals surface area contributed by atoms with Crippen molar-refractivity contribution < 1.29 is 9.90 Å². The number of imidazole rings is 1. The number of H-pyrrole nitrogens is 1. The summed E-state index contributed by atoms with van der Waals surface area (Å²) in [7, 11) is 0. The summed E-state index contributed by atoms with van der Waals surface area (Å²) in [5.74, 6) is -0.999. The molecule has 0 bridgehead atoms. The molecule has 0 amide bonds. The monoisotopic (exact) mass is 234 g/mol. The lowest BCUT2D eigenvalue weighted by atomic mass is 10.1. The molecule has 1 heterocycles. The number of nitrogens with zero attached hydrogens (tertiary/aromatic N) is 1. The van der Waals surface area contributed by atoms with Crippen molar-refractivity contribution in [2.75, 3.05) is 6.26 Å². The van der Waals surface area contributed by atoms with Crippen LogP contribution in [-0.2, 0) is 0 Å². The molecular formula is C11H10N2O2S. The molecule has 2 aromatic rings. The number of rotatable bonds is 3. The van der Waals surface area contributed by atoms with Gasteiger partial charge >= 0.3 is 5.97 Å². The van der Waals surface area contributed by atoms with E-state index in [1.807, 2.05) is 30.5 Å². The molecule has 0 aliphatic heterocycles. The average Bonchev–Trinajstić information content (AvgIpc) is 2.78. The highest BCUT2D eigenvalue weighted by Crippen LogP contribution is 2.23. The third kappa shape index (κ3) is 1.94. The largest absolute Gasteiger partial charge is 0.477 e. The van der Waals surface area contributed by atoms with Crippen LogP contribution in [0.4, 0.5) is 0 Å². The van der Waals surface area contributed by atoms with Crippen LogP contribution in [0.2, 0.25) is 0 Å². The lowest BCUT2D eigenvalue weighted by Gasteiger charge is -2.00. The Kier molecular flexibility index (Phi) is 2.96. The van der Waals surface area contributed by atoms with Crippen LogP contribution in [0.1, 0.15) is 10.5 Å². The van der Waals surface area contributed by atoms with Crippen molar-refractivity contribution in [3.8, 4) is 11.3 Å². The first-order chi connectivity index (χ1) is 7.72. The van der Waals surface area contributed by atoms with Gasteiger partial charge in [0.2, 0.25) is 0 Å². The number of hydrogen-bond donors (Lipinski definition) is 2. The summed E-state index contributed by atoms with van der Waals surface area (Å²) < 4.78 is 0. The highest BCUT2D eigenvalue weighted by Gasteiger charge is 2.13. The molecule has 82 valence electrons. The van der Waals surface area contributed by atoms with E-state index in [0.717, 1.165) is 10.5 Å². The van der Waals surface area contributed by atoms with E-state index in [9.17, 15) is 4.79 Å². The number of aromatic nitrogens is 2. The minimum Gasteiger partial charge on any atom is -0.477 e. The minimum absolute atomic E-state index is 0.122. The van der Waals surface area contributed by atoms with E-state index in [4.69, 9.17) is 5.11 Å². The first-order valence-electron chi connectivity index (χ1n) is 4.63. The van der Waals surface area contributed by atoms with Crippen molar-refractivity contribution >= 4 is 17.7 Å². The van der Waals surface area contributed by atoms with Crippen molar-refractivity contribution in [1.29, 1.82) is 0 Å². The van der Waals surface area contributed by atoms with E-state index in [0.29, 0.717) is 5.69 Å². The molecule has 0 saturated carbocycles. The number of benzene rings is 1. The fourth-order valence-electron chi connectivity index (χ4n) is 1.43. The van der Waals surface area contributed by atoms with E-state index in [2.05, 4.69) is 9.97 Å². The second-order valence-electron chi connectivity index (χ2n) is 3.16. The van der Waals surface area contributed by atoms with Crippen LogP contribution >= 0.6 is 11.8 Å². The summed E-state index contributed by atoms with van der Waals surface area (Å²) in [4.78, 5) is 18.7. The van der Waals surface area contributed by atoms with Crippen molar-refractivity contribution in [3.63, 3.8) is 0 Å². The highest BCUT2D eigenvalue weighted by molar-refractivity contribution is 7.98. The van der Waals surface area contributed by atoms with Gasteiger partial charge < -0.3 is 10.1 Å². The van der Waals surface area contributed by atoms with Crippen LogP contribution in [0, 0.1) is 0 Å². The number of thioether (sulfide) groups is 1. The molecule has 0 saturated heterocycles. The van der Waals surface area contributed by atoms with Gasteiger partial charge in [0.25, 0.3) is 0 Å². The van der Waals surface area contributed by atoms with Crippen LogP contribution in [0.25, 0.3) is 11.3 Å². The summed E-state index contributed by atoms with van der Waals surface area (Å²) in [6.45, 7) is 0. The van der Waals surface area contributed by atoms with Gasteiger partial charge in [0.05, 0.1) is 6.33 Å². The molecular weight excluding hydrogens is 224 g/mol. The maximum Gasteiger partial charge on any atom is 0.354 e. The Morgan fingerprint density at radius 3 is 2.62 bits per heavy atom. The summed E-state index contributed by atoms with van der Waals surface area (Å²) in [5.41, 5.74) is 1.40. The van der Waals surface area contributed by atoms with Gasteiger partial charge in [-0.1, -0.05) is 12.1 Å². The van der Waals surface area contributed by atoms with Crippen molar-refractivity contribution in [1.82, 2.24) is 9.97 Å². The van der Waals surface area contributed by atoms with E-state index in [1.54, 1.807) is 11.8 Å². The fraction of sp³-hybridized carbons (Fsp3) is 0.0909. The Balaban J connectivity index is 2.42. The Labute approximate surface area is 96.7 Å². The van der Waals surface area contributed by atoms with Gasteiger partial charge in [-0.05, 0) is 18.4 Å². The minimum atomic E-state index is -0.999. The van der Waals surface area contributed by atoms with Crippen LogP contribution < -0.4 is 0 Å². The molecule has 16 heavy (non-hydrogen) atoms. The molecule has 0 atom stereocenters. The van der Waals surface area contributed by atoms with E-state index < -0.39 is 5.97 Å². The Hall–Kier alpha value is -1.75. The van der Waals surface area contributed by atoms with Crippen LogP contribution in [-0.4, -0.2) is 27.3 Å². The summed E-state index contributed by atoms with van der Waals surface area (Å²) >= 11 is 1.64. The SMILES string of the molecule is CSc1ccc(-c2nc[nH]c2C(=O)O)cc1. The number of aromatic amines is 1. The molecule has 0 spiro atoms. The van der Waals surface area contributed by atoms with Gasteiger partial charge in [-0.3, -0.25) is 0 Å². The molecule has 0 fully saturated rings. The van der Waals surface area contributed by atoms with E-state index in [1.165, 1.54) is 6.33 Å². The zero-order valence-electron chi connectivity index (χ0n) is 8.60. The van der Waals surface area contributed by atoms with Crippen LogP contribution in [0.3, 0.4) is 0 Å². The van der Waals surface area contributed by atoms with Crippen LogP contribution in [0.15, 0.2) is 35.5 Å². The van der Waals surface area contributed by atoms with Gasteiger partial charge in [0.1, 0.15) is 5.69 Å². The molecule has 5 heteroatoms. The quantitative estimate of drug-likeness (QED) is 0.801. The Bertz CT molecular complexity index is 505. The Morgan fingerprint density at radius 1 is 1.38 bits per heavy atom. The smallest absolute Gasteiger partial charge is 0.354 e. The van der Waals surface area contributed by atoms with Crippen molar-refractivity contribution in [2.45, 2.75) is 4.90 Å². The first kappa shape index (κ1) is 10.8. The summed E-state index contributed by atoms with van der Waals surface area (Å²) in [6, 6.07) is 7.63. The molecule has 1 aromatic heterocycles. The first-order valence-corrected chi connectivity index (χ1v) is 5.86. The van der Waals surface area contributed by atoms with Gasteiger partial charge in [0, 0.05) is 10.5 Å². The second kappa shape index (κ2) is 4.40. The number of hydrogen-bond acceptors (Lipinski definition) is 3. The zero-order valence-corrected chi connectivity index (χ0v) is 9.41. The molecule has 0 aliphatic rings. The molecule has 4 nitrogen and oxygen atoms in total. The standard InChI is InChI=1S/C11H10N2O2S/c1-16-8-4-2-7(3-5-8)9-10(11(14)15)13-6-12-9/h2-6H,1H3,(H,12,13)(H,14,15). The number of carboxylic acid groups (broad SMARTS) is 1. The number of aromatic carboxylic acids is 1. The van der Waals surface area contributed by atoms with Gasteiger partial charge in [-0.25, -0.2) is 9.78 Å². The molecule has 0 unspecified atom stereocenters. The Morgan fingerprint density at radius 2 is 2.06 bits per heavy atom. The molecule has 1 aromatic carbocycles. The zero-order chi connectivity index (χ0) is 11.5. The molecule has 2 N–H and O–H groups in total. The third-order valence-electron chi connectivity index (χ3n) is 2.22. The van der Waals surface area contributed by atoms with Crippen LogP contribution in [0.5, 0.6) is 0 Å². The number of carboxylic acids is 1. The molecule has 0 radical (unpaired) electrons. The lowest BCUT2D eigenvalue weighted by molar-refractivity contribution is 0.0692. The van der Waals surface area contributed by atoms with Gasteiger partial charge in [-0.15, -0.1) is 11.8 Å². The lowest BCUT2D eigenvalue weighted by Crippen LogP contribution is -1.98. The molecule has 2 rings (SSSR count). The normalized spacial score (nSPS) is 10.3. The summed E-state index contributed by atoms with van der Waals surface area (Å²) in [5, 5.41) is 8.94. The molecule has 0 aliphatic carbocycles. The third-order valence-corrected chi connectivity index (χ3v) is 2.96.